The maximum Gasteiger partial charge on any atom is 0.178 e. The Bertz CT molecular complexity index is 646. The maximum absolute atomic E-state index is 4.72. The van der Waals surface area contributed by atoms with Crippen LogP contribution in [0.4, 0.5) is 5.82 Å². The summed E-state index contributed by atoms with van der Waals surface area (Å²) in [4.78, 5) is 0. The summed E-state index contributed by atoms with van der Waals surface area (Å²) in [5.74, 6) is 1.82. The zero-order chi connectivity index (χ0) is 15.7. The van der Waals surface area contributed by atoms with E-state index in [9.17, 15) is 0 Å². The smallest absolute Gasteiger partial charge is 0.178 e. The maximum atomic E-state index is 4.72. The van der Waals surface area contributed by atoms with E-state index < -0.39 is 0 Å². The fourth-order valence-electron chi connectivity index (χ4n) is 3.03. The van der Waals surface area contributed by atoms with E-state index in [0.29, 0.717) is 6.04 Å². The molecule has 1 N–H and O–H groups in total. The predicted octanol–water partition coefficient (Wildman–Crippen LogP) is 3.51. The van der Waals surface area contributed by atoms with Gasteiger partial charge in [0, 0.05) is 16.7 Å². The van der Waals surface area contributed by atoms with Gasteiger partial charge in [0.25, 0.3) is 0 Å². The van der Waals surface area contributed by atoms with Gasteiger partial charge in [-0.3, -0.25) is 0 Å². The van der Waals surface area contributed by atoms with Crippen LogP contribution in [0, 0.1) is 0 Å². The molecular formula is C16H25N5S. The molecule has 1 saturated carbocycles. The molecule has 22 heavy (non-hydrogen) atoms. The lowest BCUT2D eigenvalue weighted by atomic mass is 9.95. The molecule has 6 heteroatoms. The average molecular weight is 319 g/mol. The van der Waals surface area contributed by atoms with Crippen LogP contribution in [0.2, 0.25) is 0 Å². The van der Waals surface area contributed by atoms with Gasteiger partial charge in [0.1, 0.15) is 5.82 Å². The van der Waals surface area contributed by atoms with Crippen LogP contribution < -0.4 is 5.32 Å². The van der Waals surface area contributed by atoms with Gasteiger partial charge in [-0.05, 0) is 37.7 Å². The molecule has 120 valence electrons. The number of hydrogen-bond donors (Lipinski definition) is 1. The van der Waals surface area contributed by atoms with Gasteiger partial charge in [-0.15, -0.1) is 15.3 Å². The third kappa shape index (κ3) is 3.21. The van der Waals surface area contributed by atoms with Crippen LogP contribution >= 0.6 is 11.8 Å². The first-order valence-electron chi connectivity index (χ1n) is 7.99. The van der Waals surface area contributed by atoms with Gasteiger partial charge in [0.05, 0.1) is 0 Å². The summed E-state index contributed by atoms with van der Waals surface area (Å²) in [6.45, 7) is 6.40. The fourth-order valence-corrected chi connectivity index (χ4v) is 3.86. The van der Waals surface area contributed by atoms with Crippen molar-refractivity contribution < 1.29 is 0 Å². The molecule has 3 rings (SSSR count). The Morgan fingerprint density at radius 2 is 2.05 bits per heavy atom. The molecule has 0 radical (unpaired) electrons. The van der Waals surface area contributed by atoms with E-state index in [-0.39, 0.29) is 5.41 Å². The summed E-state index contributed by atoms with van der Waals surface area (Å²) in [6, 6.07) is 4.52. The minimum Gasteiger partial charge on any atom is -0.366 e. The van der Waals surface area contributed by atoms with Crippen molar-refractivity contribution in [3.05, 3.63) is 18.0 Å². The lowest BCUT2D eigenvalue weighted by Crippen LogP contribution is -2.29. The molecule has 1 fully saturated rings. The zero-order valence-electron chi connectivity index (χ0n) is 13.8. The van der Waals surface area contributed by atoms with Crippen LogP contribution in [0.3, 0.4) is 0 Å². The van der Waals surface area contributed by atoms with E-state index in [1.807, 2.05) is 28.4 Å². The van der Waals surface area contributed by atoms with Crippen LogP contribution in [0.5, 0.6) is 0 Å². The lowest BCUT2D eigenvalue weighted by Gasteiger charge is -2.29. The number of nitrogens with zero attached hydrogens (tertiary/aromatic N) is 4. The molecule has 2 unspecified atom stereocenters. The normalized spacial score (nSPS) is 22.9. The van der Waals surface area contributed by atoms with Crippen molar-refractivity contribution in [3.8, 4) is 0 Å². The van der Waals surface area contributed by atoms with E-state index in [2.05, 4.69) is 42.5 Å². The molecule has 2 atom stereocenters. The Hall–Kier alpha value is -1.30. The Labute approximate surface area is 136 Å². The van der Waals surface area contributed by atoms with Crippen molar-refractivity contribution in [2.45, 2.75) is 63.2 Å². The number of nitrogens with one attached hydrogen (secondary N) is 1. The number of anilines is 1. The number of fused-ring (bicyclic) bond motifs is 1. The van der Waals surface area contributed by atoms with Crippen LogP contribution in [-0.2, 0) is 5.41 Å². The zero-order valence-corrected chi connectivity index (χ0v) is 14.7. The van der Waals surface area contributed by atoms with Crippen LogP contribution in [-0.4, -0.2) is 37.4 Å². The predicted molar refractivity (Wildman–Crippen MR) is 92.7 cm³/mol. The van der Waals surface area contributed by atoms with Crippen molar-refractivity contribution in [3.63, 3.8) is 0 Å². The Morgan fingerprint density at radius 1 is 1.23 bits per heavy atom. The Balaban J connectivity index is 1.82. The van der Waals surface area contributed by atoms with Crippen molar-refractivity contribution in [2.75, 3.05) is 11.6 Å². The molecule has 2 heterocycles. The first-order chi connectivity index (χ1) is 10.5. The van der Waals surface area contributed by atoms with E-state index >= 15 is 0 Å². The minimum absolute atomic E-state index is 0.0696. The number of hydrogen-bond acceptors (Lipinski definition) is 5. The third-order valence-corrected chi connectivity index (χ3v) is 5.34. The quantitative estimate of drug-likeness (QED) is 0.938. The summed E-state index contributed by atoms with van der Waals surface area (Å²) in [5, 5.41) is 17.6. The van der Waals surface area contributed by atoms with Gasteiger partial charge in [-0.1, -0.05) is 27.2 Å². The molecule has 0 aromatic carbocycles. The van der Waals surface area contributed by atoms with Crippen LogP contribution in [0.15, 0.2) is 12.1 Å². The van der Waals surface area contributed by atoms with Crippen molar-refractivity contribution in [1.29, 1.82) is 0 Å². The number of thioether (sulfide) groups is 1. The summed E-state index contributed by atoms with van der Waals surface area (Å²) < 4.78 is 1.87. The molecule has 0 saturated heterocycles. The van der Waals surface area contributed by atoms with Crippen molar-refractivity contribution in [1.82, 2.24) is 19.8 Å². The van der Waals surface area contributed by atoms with E-state index in [0.717, 1.165) is 22.5 Å². The Kier molecular flexibility index (Phi) is 4.30. The average Bonchev–Trinajstić information content (AvgIpc) is 2.90. The molecule has 2 aromatic heterocycles. The molecule has 0 spiro atoms. The highest BCUT2D eigenvalue weighted by atomic mass is 32.2. The molecule has 0 aliphatic heterocycles. The topological polar surface area (TPSA) is 55.1 Å². The van der Waals surface area contributed by atoms with Gasteiger partial charge in [-0.2, -0.15) is 16.3 Å². The van der Waals surface area contributed by atoms with Gasteiger partial charge >= 0.3 is 0 Å². The number of rotatable bonds is 3. The molecule has 0 amide bonds. The fraction of sp³-hybridized carbons (Fsp3) is 0.688. The SMILES string of the molecule is CSC1CCCC(Nc2ccc3nnc(C(C)(C)C)n3n2)C1. The Morgan fingerprint density at radius 3 is 2.77 bits per heavy atom. The van der Waals surface area contributed by atoms with Gasteiger partial charge in [0.15, 0.2) is 11.5 Å². The second-order valence-electron chi connectivity index (χ2n) is 7.13. The summed E-state index contributed by atoms with van der Waals surface area (Å²) in [5.41, 5.74) is 0.737. The van der Waals surface area contributed by atoms with Gasteiger partial charge in [0.2, 0.25) is 0 Å². The van der Waals surface area contributed by atoms with Crippen LogP contribution in [0.1, 0.15) is 52.3 Å². The second-order valence-corrected chi connectivity index (χ2v) is 8.27. The standard InChI is InChI=1S/C16H25N5S/c1-16(2,3)15-19-18-14-9-8-13(20-21(14)15)17-11-6-5-7-12(10-11)22-4/h8-9,11-12H,5-7,10H2,1-4H3,(H,17,20). The molecule has 2 aromatic rings. The van der Waals surface area contributed by atoms with Crippen LogP contribution in [0.25, 0.3) is 5.65 Å². The van der Waals surface area contributed by atoms with Crippen molar-refractivity contribution in [2.24, 2.45) is 0 Å². The largest absolute Gasteiger partial charge is 0.366 e. The van der Waals surface area contributed by atoms with Gasteiger partial charge < -0.3 is 5.32 Å². The first-order valence-corrected chi connectivity index (χ1v) is 9.28. The molecule has 1 aliphatic rings. The summed E-state index contributed by atoms with van der Waals surface area (Å²) >= 11 is 1.98. The molecular weight excluding hydrogens is 294 g/mol. The highest BCUT2D eigenvalue weighted by molar-refractivity contribution is 7.99. The highest BCUT2D eigenvalue weighted by Gasteiger charge is 2.23. The molecule has 5 nitrogen and oxygen atoms in total. The van der Waals surface area contributed by atoms with E-state index in [1.165, 1.54) is 25.7 Å². The summed E-state index contributed by atoms with van der Waals surface area (Å²) in [7, 11) is 0. The molecule has 1 aliphatic carbocycles. The van der Waals surface area contributed by atoms with E-state index in [4.69, 9.17) is 5.10 Å². The van der Waals surface area contributed by atoms with Gasteiger partial charge in [-0.25, -0.2) is 0 Å². The van der Waals surface area contributed by atoms with E-state index in [1.54, 1.807) is 0 Å². The monoisotopic (exact) mass is 319 g/mol. The molecule has 0 bridgehead atoms. The highest BCUT2D eigenvalue weighted by Crippen LogP contribution is 2.28. The van der Waals surface area contributed by atoms with Crippen molar-refractivity contribution >= 4 is 23.2 Å². The number of aromatic nitrogens is 4. The summed E-state index contributed by atoms with van der Waals surface area (Å²) in [6.07, 6.45) is 7.29. The lowest BCUT2D eigenvalue weighted by molar-refractivity contribution is 0.471. The third-order valence-electron chi connectivity index (χ3n) is 4.25. The minimum atomic E-state index is -0.0696. The first kappa shape index (κ1) is 15.6. The second kappa shape index (κ2) is 6.07.